The zero-order chi connectivity index (χ0) is 20.3. The molecule has 1 fully saturated rings. The van der Waals surface area contributed by atoms with Crippen molar-refractivity contribution in [3.63, 3.8) is 0 Å². The average molecular weight is 390 g/mol. The van der Waals surface area contributed by atoms with E-state index in [1.807, 2.05) is 6.92 Å². The van der Waals surface area contributed by atoms with Gasteiger partial charge in [-0.25, -0.2) is 9.48 Å². The number of carbonyl (C=O) groups is 3. The Bertz CT molecular complexity index is 882. The monoisotopic (exact) mass is 390 g/mol. The minimum Gasteiger partial charge on any atom is -0.480 e. The number of rotatable bonds is 6. The number of hydrogen-bond acceptors (Lipinski definition) is 6. The number of amides is 2. The van der Waals surface area contributed by atoms with Gasteiger partial charge in [0.15, 0.2) is 0 Å². The first-order chi connectivity index (χ1) is 13.4. The van der Waals surface area contributed by atoms with Crippen molar-refractivity contribution in [2.75, 3.05) is 31.6 Å². The molecule has 1 aliphatic heterocycles. The number of morpholine rings is 1. The lowest BCUT2D eigenvalue weighted by Crippen LogP contribution is -2.41. The molecule has 0 spiro atoms. The van der Waals surface area contributed by atoms with Gasteiger partial charge in [-0.3, -0.25) is 14.3 Å². The van der Waals surface area contributed by atoms with Crippen LogP contribution in [0.2, 0.25) is 0 Å². The largest absolute Gasteiger partial charge is 0.480 e. The fourth-order valence-corrected chi connectivity index (χ4v) is 2.95. The van der Waals surface area contributed by atoms with Crippen LogP contribution in [0.1, 0.15) is 40.9 Å². The van der Waals surface area contributed by atoms with Crippen molar-refractivity contribution >= 4 is 23.5 Å². The van der Waals surface area contributed by atoms with Gasteiger partial charge >= 0.3 is 5.97 Å². The van der Waals surface area contributed by atoms with E-state index in [0.29, 0.717) is 32.8 Å². The fraction of sp³-hybridized carbons (Fsp3) is 0.471. The number of carboxylic acids is 1. The fourth-order valence-electron chi connectivity index (χ4n) is 2.95. The molecule has 1 aliphatic rings. The number of aromatic nitrogens is 4. The summed E-state index contributed by atoms with van der Waals surface area (Å²) in [7, 11) is 0. The lowest BCUT2D eigenvalue weighted by atomic mass is 10.2. The highest BCUT2D eigenvalue weighted by atomic mass is 16.5. The standard InChI is InChI=1S/C17H22N6O5/c1-3-22-14(16(25)21-6-8-28-9-7-21)12(10-19-22)20-15(24)13-4-5-18-23(13)11(2)17(26)27/h4-5,10-11H,3,6-9H2,1-2H3,(H,20,24)(H,26,27). The second kappa shape index (κ2) is 8.21. The normalized spacial score (nSPS) is 15.3. The molecule has 0 aliphatic carbocycles. The lowest BCUT2D eigenvalue weighted by Gasteiger charge is -2.27. The minimum absolute atomic E-state index is 0.0731. The van der Waals surface area contributed by atoms with Crippen LogP contribution in [0.15, 0.2) is 18.5 Å². The highest BCUT2D eigenvalue weighted by molar-refractivity contribution is 6.07. The summed E-state index contributed by atoms with van der Waals surface area (Å²) < 4.78 is 7.91. The number of nitrogens with one attached hydrogen (secondary N) is 1. The maximum absolute atomic E-state index is 13.0. The molecular weight excluding hydrogens is 368 g/mol. The Labute approximate surface area is 160 Å². The Balaban J connectivity index is 1.86. The van der Waals surface area contributed by atoms with Crippen molar-refractivity contribution in [2.24, 2.45) is 0 Å². The SMILES string of the molecule is CCn1ncc(NC(=O)c2ccnn2C(C)C(=O)O)c1C(=O)N1CCOCC1. The number of aliphatic carboxylic acids is 1. The minimum atomic E-state index is -1.11. The Hall–Kier alpha value is -3.21. The summed E-state index contributed by atoms with van der Waals surface area (Å²) in [6.07, 6.45) is 2.76. The van der Waals surface area contributed by atoms with Crippen molar-refractivity contribution in [1.82, 2.24) is 24.5 Å². The topological polar surface area (TPSA) is 132 Å². The molecule has 11 nitrogen and oxygen atoms in total. The quantitative estimate of drug-likeness (QED) is 0.733. The van der Waals surface area contributed by atoms with Crippen LogP contribution in [0.5, 0.6) is 0 Å². The van der Waals surface area contributed by atoms with Gasteiger partial charge in [0, 0.05) is 25.8 Å². The molecule has 11 heteroatoms. The first-order valence-electron chi connectivity index (χ1n) is 8.94. The van der Waals surface area contributed by atoms with Crippen LogP contribution in [-0.4, -0.2) is 73.7 Å². The van der Waals surface area contributed by atoms with E-state index in [9.17, 15) is 19.5 Å². The number of carboxylic acid groups (broad SMARTS) is 1. The predicted octanol–water partition coefficient (Wildman–Crippen LogP) is 0.470. The molecule has 1 unspecified atom stereocenters. The molecule has 1 atom stereocenters. The van der Waals surface area contributed by atoms with Gasteiger partial charge < -0.3 is 20.1 Å². The van der Waals surface area contributed by atoms with Crippen LogP contribution in [0, 0.1) is 0 Å². The maximum atomic E-state index is 13.0. The Morgan fingerprint density at radius 2 is 2.00 bits per heavy atom. The highest BCUT2D eigenvalue weighted by Gasteiger charge is 2.27. The summed E-state index contributed by atoms with van der Waals surface area (Å²) in [6.45, 7) is 5.57. The molecule has 0 aromatic carbocycles. The zero-order valence-electron chi connectivity index (χ0n) is 15.7. The van der Waals surface area contributed by atoms with Crippen molar-refractivity contribution in [3.8, 4) is 0 Å². The van der Waals surface area contributed by atoms with E-state index in [-0.39, 0.29) is 23.0 Å². The van der Waals surface area contributed by atoms with Crippen LogP contribution in [0.25, 0.3) is 0 Å². The third-order valence-electron chi connectivity index (χ3n) is 4.52. The van der Waals surface area contributed by atoms with Crippen LogP contribution < -0.4 is 5.32 Å². The van der Waals surface area contributed by atoms with Crippen molar-refractivity contribution in [1.29, 1.82) is 0 Å². The summed E-state index contributed by atoms with van der Waals surface area (Å²) in [5.41, 5.74) is 0.609. The molecule has 2 N–H and O–H groups in total. The molecule has 2 amide bonds. The van der Waals surface area contributed by atoms with Crippen molar-refractivity contribution in [3.05, 3.63) is 29.8 Å². The van der Waals surface area contributed by atoms with Gasteiger partial charge in [0.05, 0.1) is 25.1 Å². The molecule has 28 heavy (non-hydrogen) atoms. The molecule has 0 bridgehead atoms. The molecule has 3 heterocycles. The van der Waals surface area contributed by atoms with Crippen LogP contribution >= 0.6 is 0 Å². The number of ether oxygens (including phenoxy) is 1. The average Bonchev–Trinajstić information content (AvgIpc) is 3.34. The molecule has 0 saturated carbocycles. The van der Waals surface area contributed by atoms with Gasteiger partial charge in [-0.15, -0.1) is 0 Å². The van der Waals surface area contributed by atoms with E-state index in [1.165, 1.54) is 30.1 Å². The Morgan fingerprint density at radius 3 is 2.64 bits per heavy atom. The van der Waals surface area contributed by atoms with Gasteiger partial charge in [0.2, 0.25) is 0 Å². The number of anilines is 1. The van der Waals surface area contributed by atoms with E-state index in [1.54, 1.807) is 4.90 Å². The molecule has 1 saturated heterocycles. The zero-order valence-corrected chi connectivity index (χ0v) is 15.7. The summed E-state index contributed by atoms with van der Waals surface area (Å²) >= 11 is 0. The second-order valence-electron chi connectivity index (χ2n) is 6.26. The van der Waals surface area contributed by atoms with Crippen LogP contribution in [0.4, 0.5) is 5.69 Å². The second-order valence-corrected chi connectivity index (χ2v) is 6.26. The van der Waals surface area contributed by atoms with E-state index in [4.69, 9.17) is 4.74 Å². The maximum Gasteiger partial charge on any atom is 0.328 e. The van der Waals surface area contributed by atoms with Crippen molar-refractivity contribution < 1.29 is 24.2 Å². The third kappa shape index (κ3) is 3.74. The third-order valence-corrected chi connectivity index (χ3v) is 4.52. The Kier molecular flexibility index (Phi) is 5.73. The van der Waals surface area contributed by atoms with E-state index < -0.39 is 17.9 Å². The van der Waals surface area contributed by atoms with E-state index >= 15 is 0 Å². The Morgan fingerprint density at radius 1 is 1.29 bits per heavy atom. The number of aryl methyl sites for hydroxylation is 1. The summed E-state index contributed by atoms with van der Waals surface area (Å²) in [5, 5.41) is 19.9. The van der Waals surface area contributed by atoms with Gasteiger partial charge in [-0.05, 0) is 19.9 Å². The van der Waals surface area contributed by atoms with Gasteiger partial charge in [-0.1, -0.05) is 0 Å². The molecule has 0 radical (unpaired) electrons. The van der Waals surface area contributed by atoms with Gasteiger partial charge in [-0.2, -0.15) is 10.2 Å². The predicted molar refractivity (Wildman–Crippen MR) is 97.2 cm³/mol. The van der Waals surface area contributed by atoms with Gasteiger partial charge in [0.25, 0.3) is 11.8 Å². The summed E-state index contributed by atoms with van der Waals surface area (Å²) in [5.74, 6) is -1.93. The van der Waals surface area contributed by atoms with E-state index in [2.05, 4.69) is 15.5 Å². The molecule has 150 valence electrons. The van der Waals surface area contributed by atoms with Crippen LogP contribution in [-0.2, 0) is 16.1 Å². The summed E-state index contributed by atoms with van der Waals surface area (Å²) in [4.78, 5) is 38.6. The number of nitrogens with zero attached hydrogens (tertiary/aromatic N) is 5. The van der Waals surface area contributed by atoms with Crippen LogP contribution in [0.3, 0.4) is 0 Å². The van der Waals surface area contributed by atoms with E-state index in [0.717, 1.165) is 4.68 Å². The first-order valence-corrected chi connectivity index (χ1v) is 8.94. The highest BCUT2D eigenvalue weighted by Crippen LogP contribution is 2.20. The first kappa shape index (κ1) is 19.5. The lowest BCUT2D eigenvalue weighted by molar-refractivity contribution is -0.140. The molecular formula is C17H22N6O5. The smallest absolute Gasteiger partial charge is 0.328 e. The van der Waals surface area contributed by atoms with Gasteiger partial charge in [0.1, 0.15) is 17.4 Å². The molecule has 3 rings (SSSR count). The number of hydrogen-bond donors (Lipinski definition) is 2. The van der Waals surface area contributed by atoms with Crippen molar-refractivity contribution in [2.45, 2.75) is 26.4 Å². The molecule has 2 aromatic heterocycles. The summed E-state index contributed by atoms with van der Waals surface area (Å²) in [6, 6.07) is 0.409. The number of carbonyl (C=O) groups excluding carboxylic acids is 2. The molecule has 2 aromatic rings.